The van der Waals surface area contributed by atoms with Gasteiger partial charge in [-0.2, -0.15) is 13.2 Å². The molecule has 230 valence electrons. The van der Waals surface area contributed by atoms with Crippen LogP contribution in [0.1, 0.15) is 24.3 Å². The molecule has 0 aliphatic carbocycles. The Bertz CT molecular complexity index is 1970. The van der Waals surface area contributed by atoms with Crippen molar-refractivity contribution >= 4 is 56.0 Å². The molecular formula is C30H25BrF3N3O6S. The van der Waals surface area contributed by atoms with Crippen LogP contribution in [0, 0.1) is 0 Å². The monoisotopic (exact) mass is 691 g/mol. The Morgan fingerprint density at radius 1 is 1.20 bits per heavy atom. The third-order valence-electron chi connectivity index (χ3n) is 7.28. The predicted molar refractivity (Wildman–Crippen MR) is 161 cm³/mol. The lowest BCUT2D eigenvalue weighted by molar-refractivity contribution is -0.140. The van der Waals surface area contributed by atoms with Crippen LogP contribution in [0.5, 0.6) is 5.75 Å². The molecule has 0 unspecified atom stereocenters. The number of rotatable bonds is 6. The smallest absolute Gasteiger partial charge is 0.434 e. The fraction of sp³-hybridized carbons (Fsp3) is 0.300. The summed E-state index contributed by atoms with van der Waals surface area (Å²) in [5.41, 5.74) is -2.69. The zero-order chi connectivity index (χ0) is 31.2. The van der Waals surface area contributed by atoms with Crippen LogP contribution in [-0.2, 0) is 14.3 Å². The Kier molecular flexibility index (Phi) is 8.16. The van der Waals surface area contributed by atoms with Crippen LogP contribution in [0.2, 0.25) is 0 Å². The van der Waals surface area contributed by atoms with Gasteiger partial charge in [-0.15, -0.1) is 0 Å². The van der Waals surface area contributed by atoms with E-state index < -0.39 is 35.0 Å². The van der Waals surface area contributed by atoms with E-state index in [1.165, 1.54) is 20.1 Å². The molecule has 0 N–H and O–H groups in total. The molecule has 0 saturated carbocycles. The minimum absolute atomic E-state index is 0.0642. The van der Waals surface area contributed by atoms with Gasteiger partial charge in [0.05, 0.1) is 41.5 Å². The first-order valence-corrected chi connectivity index (χ1v) is 15.2. The van der Waals surface area contributed by atoms with Gasteiger partial charge >= 0.3 is 12.1 Å². The number of hydrogen-bond acceptors (Lipinski definition) is 9. The largest absolute Gasteiger partial charge is 0.496 e. The highest BCUT2D eigenvalue weighted by Crippen LogP contribution is 2.43. The fourth-order valence-electron chi connectivity index (χ4n) is 5.41. The van der Waals surface area contributed by atoms with Crippen molar-refractivity contribution in [3.05, 3.63) is 89.2 Å². The number of methoxy groups -OCH3 is 1. The molecule has 0 radical (unpaired) electrons. The van der Waals surface area contributed by atoms with E-state index in [1.807, 2.05) is 4.90 Å². The number of ether oxygens (including phenoxy) is 3. The Morgan fingerprint density at radius 3 is 2.66 bits per heavy atom. The van der Waals surface area contributed by atoms with Crippen molar-refractivity contribution in [3.63, 3.8) is 0 Å². The molecule has 1 saturated heterocycles. The molecule has 2 aliphatic heterocycles. The third-order valence-corrected chi connectivity index (χ3v) is 8.83. The summed E-state index contributed by atoms with van der Waals surface area (Å²) in [6.07, 6.45) is -3.58. The van der Waals surface area contributed by atoms with E-state index in [1.54, 1.807) is 42.5 Å². The summed E-state index contributed by atoms with van der Waals surface area (Å²) in [4.78, 5) is 33.1. The van der Waals surface area contributed by atoms with Gasteiger partial charge in [-0.1, -0.05) is 41.7 Å². The number of alkyl halides is 3. The van der Waals surface area contributed by atoms with Gasteiger partial charge in [-0.25, -0.2) is 9.79 Å². The number of allylic oxidation sites excluding steroid dienone is 1. The standard InChI is InChI=1S/C30H25BrF3N3O6S/c1-3-42-28(39)23-24(22-18-7-5-4-6-16(18)8-9-20(22)40-2)37-26(38)21(44-29(37)35-25(23)30(32,33)34)15-17-14-19(31)27(43-17)36-10-12-41-13-11-36/h4-9,14-15,24H,3,10-13H2,1-2H3/b21-15+/t24-/m1/s1. The lowest BCUT2D eigenvalue weighted by Gasteiger charge is -2.28. The number of halogens is 4. The molecule has 9 nitrogen and oxygen atoms in total. The number of carbonyl (C=O) groups excluding carboxylic acids is 1. The normalized spacial score (nSPS) is 17.5. The number of thiazole rings is 1. The zero-order valence-electron chi connectivity index (χ0n) is 23.4. The summed E-state index contributed by atoms with van der Waals surface area (Å²) >= 11 is 4.26. The van der Waals surface area contributed by atoms with Crippen molar-refractivity contribution in [1.82, 2.24) is 4.57 Å². The van der Waals surface area contributed by atoms with Gasteiger partial charge in [0.15, 0.2) is 10.5 Å². The number of carbonyl (C=O) groups is 1. The van der Waals surface area contributed by atoms with Crippen molar-refractivity contribution in [1.29, 1.82) is 0 Å². The number of nitrogens with zero attached hydrogens (tertiary/aromatic N) is 3. The van der Waals surface area contributed by atoms with Crippen molar-refractivity contribution in [2.45, 2.75) is 19.1 Å². The summed E-state index contributed by atoms with van der Waals surface area (Å²) in [6, 6.07) is 10.4. The maximum atomic E-state index is 14.6. The van der Waals surface area contributed by atoms with Crippen molar-refractivity contribution < 1.29 is 36.6 Å². The van der Waals surface area contributed by atoms with Crippen molar-refractivity contribution in [2.24, 2.45) is 4.99 Å². The topological polar surface area (TPSA) is 95.5 Å². The van der Waals surface area contributed by atoms with Crippen LogP contribution in [0.3, 0.4) is 0 Å². The molecule has 0 spiro atoms. The minimum atomic E-state index is -5.04. The molecule has 1 fully saturated rings. The summed E-state index contributed by atoms with van der Waals surface area (Å²) in [7, 11) is 1.37. The Morgan fingerprint density at radius 2 is 1.95 bits per heavy atom. The van der Waals surface area contributed by atoms with Crippen molar-refractivity contribution in [2.75, 3.05) is 44.9 Å². The average molecular weight is 693 g/mol. The van der Waals surface area contributed by atoms with Gasteiger partial charge in [-0.05, 0) is 39.7 Å². The van der Waals surface area contributed by atoms with Gasteiger partial charge in [-0.3, -0.25) is 9.36 Å². The van der Waals surface area contributed by atoms with Crippen LogP contribution < -0.4 is 24.5 Å². The van der Waals surface area contributed by atoms with Gasteiger partial charge in [0.1, 0.15) is 17.6 Å². The number of fused-ring (bicyclic) bond motifs is 2. The molecule has 2 aromatic carbocycles. The third kappa shape index (κ3) is 5.35. The van der Waals surface area contributed by atoms with Gasteiger partial charge in [0, 0.05) is 30.8 Å². The second kappa shape index (κ2) is 11.9. The number of morpholine rings is 1. The van der Waals surface area contributed by atoms with E-state index in [0.717, 1.165) is 15.9 Å². The Labute approximate surface area is 260 Å². The molecule has 4 aromatic rings. The van der Waals surface area contributed by atoms with Crippen LogP contribution in [0.15, 0.2) is 72.4 Å². The Hall–Kier alpha value is -3.88. The maximum absolute atomic E-state index is 14.6. The number of furan rings is 1. The average Bonchev–Trinajstić information content (AvgIpc) is 3.53. The van der Waals surface area contributed by atoms with E-state index in [9.17, 15) is 22.8 Å². The van der Waals surface area contributed by atoms with E-state index in [4.69, 9.17) is 18.6 Å². The number of benzene rings is 2. The van der Waals surface area contributed by atoms with Gasteiger partial charge < -0.3 is 23.5 Å². The number of esters is 1. The SMILES string of the molecule is CCOC(=O)C1=C(C(F)(F)F)N=c2s/c(=C/c3cc(Br)c(N4CCOCC4)o3)c(=O)n2[C@@H]1c1c(OC)ccc2ccccc12. The van der Waals surface area contributed by atoms with E-state index >= 15 is 0 Å². The molecule has 4 heterocycles. The number of aromatic nitrogens is 1. The first-order valence-electron chi connectivity index (χ1n) is 13.6. The molecule has 2 aromatic heterocycles. The van der Waals surface area contributed by atoms with Gasteiger partial charge in [0.25, 0.3) is 5.56 Å². The first kappa shape index (κ1) is 30.2. The molecule has 0 bridgehead atoms. The predicted octanol–water partition coefficient (Wildman–Crippen LogP) is 4.69. The van der Waals surface area contributed by atoms with Crippen LogP contribution in [0.4, 0.5) is 19.1 Å². The van der Waals surface area contributed by atoms with E-state index in [0.29, 0.717) is 53.2 Å². The summed E-state index contributed by atoms with van der Waals surface area (Å²) in [6.45, 7) is 3.58. The van der Waals surface area contributed by atoms with Crippen LogP contribution in [0.25, 0.3) is 16.8 Å². The molecule has 44 heavy (non-hydrogen) atoms. The molecule has 6 rings (SSSR count). The molecule has 2 aliphatic rings. The van der Waals surface area contributed by atoms with Crippen LogP contribution in [-0.4, -0.2) is 56.7 Å². The first-order chi connectivity index (χ1) is 21.1. The molecule has 14 heteroatoms. The highest BCUT2D eigenvalue weighted by atomic mass is 79.9. The molecule has 1 atom stereocenters. The van der Waals surface area contributed by atoms with E-state index in [2.05, 4.69) is 20.9 Å². The lowest BCUT2D eigenvalue weighted by Crippen LogP contribution is -2.41. The highest BCUT2D eigenvalue weighted by molar-refractivity contribution is 9.10. The van der Waals surface area contributed by atoms with Crippen LogP contribution >= 0.6 is 27.3 Å². The minimum Gasteiger partial charge on any atom is -0.496 e. The fourth-order valence-corrected chi connectivity index (χ4v) is 6.95. The number of anilines is 1. The van der Waals surface area contributed by atoms with Crippen molar-refractivity contribution in [3.8, 4) is 5.75 Å². The Balaban J connectivity index is 1.63. The second-order valence-electron chi connectivity index (χ2n) is 9.87. The summed E-state index contributed by atoms with van der Waals surface area (Å²) < 4.78 is 67.9. The highest BCUT2D eigenvalue weighted by Gasteiger charge is 2.46. The van der Waals surface area contributed by atoms with E-state index in [-0.39, 0.29) is 27.3 Å². The van der Waals surface area contributed by atoms with Gasteiger partial charge in [0.2, 0.25) is 5.88 Å². The summed E-state index contributed by atoms with van der Waals surface area (Å²) in [5, 5.41) is 1.18. The zero-order valence-corrected chi connectivity index (χ0v) is 25.8. The second-order valence-corrected chi connectivity index (χ2v) is 11.7. The quantitative estimate of drug-likeness (QED) is 0.271. The lowest BCUT2D eigenvalue weighted by atomic mass is 9.90. The number of hydrogen-bond donors (Lipinski definition) is 0. The molecular weight excluding hydrogens is 667 g/mol. The maximum Gasteiger partial charge on any atom is 0.434 e. The molecule has 0 amide bonds. The summed E-state index contributed by atoms with van der Waals surface area (Å²) in [5.74, 6) is -0.181.